The van der Waals surface area contributed by atoms with Crippen LogP contribution in [-0.4, -0.2) is 28.5 Å². The number of imidazole rings is 1. The van der Waals surface area contributed by atoms with Crippen molar-refractivity contribution < 1.29 is 0 Å². The highest BCUT2D eigenvalue weighted by molar-refractivity contribution is 5.18. The molecule has 0 aliphatic carbocycles. The molecule has 0 saturated heterocycles. The minimum absolute atomic E-state index is 0.477. The molecule has 1 atom stereocenters. The molecule has 1 unspecified atom stereocenters. The number of aromatic amines is 1. The second kappa shape index (κ2) is 2.34. The van der Waals surface area contributed by atoms with Crippen LogP contribution in [0.1, 0.15) is 24.4 Å². The van der Waals surface area contributed by atoms with Crippen molar-refractivity contribution in [2.24, 2.45) is 0 Å². The number of H-pyrrole nitrogens is 1. The highest BCUT2D eigenvalue weighted by atomic mass is 15.2. The van der Waals surface area contributed by atoms with E-state index in [4.69, 9.17) is 0 Å². The lowest BCUT2D eigenvalue weighted by molar-refractivity contribution is 0.242. The topological polar surface area (TPSA) is 31.9 Å². The van der Waals surface area contributed by atoms with Gasteiger partial charge in [0.25, 0.3) is 0 Å². The van der Waals surface area contributed by atoms with E-state index in [9.17, 15) is 0 Å². The summed E-state index contributed by atoms with van der Waals surface area (Å²) in [5.74, 6) is 0. The van der Waals surface area contributed by atoms with Gasteiger partial charge < -0.3 is 4.98 Å². The average molecular weight is 151 g/mol. The van der Waals surface area contributed by atoms with Crippen molar-refractivity contribution in [1.29, 1.82) is 0 Å². The monoisotopic (exact) mass is 151 g/mol. The first-order chi connectivity index (χ1) is 5.29. The van der Waals surface area contributed by atoms with Gasteiger partial charge in [0.15, 0.2) is 0 Å². The van der Waals surface area contributed by atoms with Crippen LogP contribution in [-0.2, 0) is 6.42 Å². The molecule has 3 heteroatoms. The summed E-state index contributed by atoms with van der Waals surface area (Å²) in [6.45, 7) is 3.33. The van der Waals surface area contributed by atoms with Crippen LogP contribution in [0.2, 0.25) is 0 Å². The SMILES string of the molecule is CC1c2nc[nH]c2CCN1C. The lowest BCUT2D eigenvalue weighted by Gasteiger charge is -2.28. The molecule has 60 valence electrons. The average Bonchev–Trinajstić information content (AvgIpc) is 2.45. The number of nitrogens with one attached hydrogen (secondary N) is 1. The predicted octanol–water partition coefficient (Wildman–Crippen LogP) is 0.959. The second-order valence-electron chi connectivity index (χ2n) is 3.17. The van der Waals surface area contributed by atoms with Gasteiger partial charge in [-0.1, -0.05) is 0 Å². The molecule has 0 fully saturated rings. The highest BCUT2D eigenvalue weighted by Crippen LogP contribution is 2.24. The maximum absolute atomic E-state index is 4.29. The van der Waals surface area contributed by atoms with E-state index in [1.807, 2.05) is 0 Å². The quantitative estimate of drug-likeness (QED) is 0.599. The number of fused-ring (bicyclic) bond motifs is 1. The molecular formula is C8H13N3. The Labute approximate surface area is 66.4 Å². The lowest BCUT2D eigenvalue weighted by atomic mass is 10.1. The molecule has 1 aliphatic heterocycles. The molecule has 1 N–H and O–H groups in total. The fraction of sp³-hybridized carbons (Fsp3) is 0.625. The van der Waals surface area contributed by atoms with E-state index in [-0.39, 0.29) is 0 Å². The Bertz CT molecular complexity index is 254. The first-order valence-corrected chi connectivity index (χ1v) is 4.01. The number of rotatable bonds is 0. The summed E-state index contributed by atoms with van der Waals surface area (Å²) in [6.07, 6.45) is 2.90. The van der Waals surface area contributed by atoms with Gasteiger partial charge in [0, 0.05) is 18.7 Å². The van der Waals surface area contributed by atoms with Crippen LogP contribution >= 0.6 is 0 Å². The van der Waals surface area contributed by atoms with E-state index in [1.165, 1.54) is 11.4 Å². The van der Waals surface area contributed by atoms with Gasteiger partial charge in [-0.3, -0.25) is 4.90 Å². The van der Waals surface area contributed by atoms with E-state index >= 15 is 0 Å². The number of aromatic nitrogens is 2. The Morgan fingerprint density at radius 2 is 2.55 bits per heavy atom. The summed E-state index contributed by atoms with van der Waals surface area (Å²) >= 11 is 0. The molecule has 2 heterocycles. The molecule has 0 spiro atoms. The maximum Gasteiger partial charge on any atom is 0.0925 e. The van der Waals surface area contributed by atoms with Gasteiger partial charge in [-0.2, -0.15) is 0 Å². The third kappa shape index (κ3) is 0.959. The van der Waals surface area contributed by atoms with Crippen molar-refractivity contribution in [3.8, 4) is 0 Å². The summed E-state index contributed by atoms with van der Waals surface area (Å²) in [6, 6.07) is 0.477. The Hall–Kier alpha value is -0.830. The van der Waals surface area contributed by atoms with Crippen LogP contribution in [0, 0.1) is 0 Å². The fourth-order valence-electron chi connectivity index (χ4n) is 1.58. The van der Waals surface area contributed by atoms with Crippen LogP contribution in [0.5, 0.6) is 0 Å². The largest absolute Gasteiger partial charge is 0.348 e. The third-order valence-corrected chi connectivity index (χ3v) is 2.52. The molecule has 1 aliphatic rings. The number of likely N-dealkylation sites (N-methyl/N-ethyl adjacent to an activating group) is 1. The first-order valence-electron chi connectivity index (χ1n) is 4.01. The van der Waals surface area contributed by atoms with Crippen LogP contribution < -0.4 is 0 Å². The van der Waals surface area contributed by atoms with Crippen LogP contribution in [0.4, 0.5) is 0 Å². The summed E-state index contributed by atoms with van der Waals surface area (Å²) in [5.41, 5.74) is 2.54. The van der Waals surface area contributed by atoms with Crippen molar-refractivity contribution in [2.75, 3.05) is 13.6 Å². The zero-order valence-corrected chi connectivity index (χ0v) is 6.96. The lowest BCUT2D eigenvalue weighted by Crippen LogP contribution is -2.30. The number of nitrogens with zero attached hydrogens (tertiary/aromatic N) is 2. The van der Waals surface area contributed by atoms with E-state index in [2.05, 4.69) is 28.8 Å². The van der Waals surface area contributed by atoms with Crippen molar-refractivity contribution in [2.45, 2.75) is 19.4 Å². The Kier molecular flexibility index (Phi) is 1.46. The van der Waals surface area contributed by atoms with Crippen LogP contribution in [0.25, 0.3) is 0 Å². The number of hydrogen-bond acceptors (Lipinski definition) is 2. The minimum Gasteiger partial charge on any atom is -0.348 e. The van der Waals surface area contributed by atoms with Crippen LogP contribution in [0.15, 0.2) is 6.33 Å². The molecule has 0 amide bonds. The van der Waals surface area contributed by atoms with Crippen molar-refractivity contribution in [3.63, 3.8) is 0 Å². The normalized spacial score (nSPS) is 25.1. The molecule has 3 nitrogen and oxygen atoms in total. The predicted molar refractivity (Wildman–Crippen MR) is 43.3 cm³/mol. The summed E-state index contributed by atoms with van der Waals surface area (Å²) < 4.78 is 0. The molecule has 1 aromatic rings. The van der Waals surface area contributed by atoms with Crippen molar-refractivity contribution in [1.82, 2.24) is 14.9 Å². The Morgan fingerprint density at radius 3 is 3.36 bits per heavy atom. The molecule has 0 radical (unpaired) electrons. The van der Waals surface area contributed by atoms with E-state index in [0.29, 0.717) is 6.04 Å². The van der Waals surface area contributed by atoms with Gasteiger partial charge >= 0.3 is 0 Å². The fourth-order valence-corrected chi connectivity index (χ4v) is 1.58. The molecule has 0 saturated carbocycles. The zero-order chi connectivity index (χ0) is 7.84. The molecular weight excluding hydrogens is 138 g/mol. The second-order valence-corrected chi connectivity index (χ2v) is 3.17. The smallest absolute Gasteiger partial charge is 0.0925 e. The zero-order valence-electron chi connectivity index (χ0n) is 6.96. The van der Waals surface area contributed by atoms with Gasteiger partial charge in [0.2, 0.25) is 0 Å². The van der Waals surface area contributed by atoms with Gasteiger partial charge in [-0.25, -0.2) is 4.98 Å². The highest BCUT2D eigenvalue weighted by Gasteiger charge is 2.22. The van der Waals surface area contributed by atoms with Gasteiger partial charge in [-0.15, -0.1) is 0 Å². The first kappa shape index (κ1) is 6.85. The Morgan fingerprint density at radius 1 is 1.73 bits per heavy atom. The summed E-state index contributed by atoms with van der Waals surface area (Å²) in [5, 5.41) is 0. The van der Waals surface area contributed by atoms with Crippen molar-refractivity contribution in [3.05, 3.63) is 17.7 Å². The maximum atomic E-state index is 4.29. The number of hydrogen-bond donors (Lipinski definition) is 1. The molecule has 1 aromatic heterocycles. The van der Waals surface area contributed by atoms with Gasteiger partial charge in [-0.05, 0) is 14.0 Å². The summed E-state index contributed by atoms with van der Waals surface area (Å²) in [4.78, 5) is 9.78. The molecule has 0 aromatic carbocycles. The summed E-state index contributed by atoms with van der Waals surface area (Å²) in [7, 11) is 2.14. The van der Waals surface area contributed by atoms with Crippen molar-refractivity contribution >= 4 is 0 Å². The third-order valence-electron chi connectivity index (χ3n) is 2.52. The van der Waals surface area contributed by atoms with Crippen LogP contribution in [0.3, 0.4) is 0 Å². The molecule has 11 heavy (non-hydrogen) atoms. The Balaban J connectivity index is 2.38. The van der Waals surface area contributed by atoms with Gasteiger partial charge in [0.1, 0.15) is 0 Å². The van der Waals surface area contributed by atoms with E-state index < -0.39 is 0 Å². The minimum atomic E-state index is 0.477. The molecule has 2 rings (SSSR count). The molecule has 0 bridgehead atoms. The van der Waals surface area contributed by atoms with Gasteiger partial charge in [0.05, 0.1) is 18.1 Å². The van der Waals surface area contributed by atoms with E-state index in [1.54, 1.807) is 6.33 Å². The standard InChI is InChI=1S/C8H13N3/c1-6-8-7(9-5-10-8)3-4-11(6)2/h5-6H,3-4H2,1-2H3,(H,9,10). The van der Waals surface area contributed by atoms with E-state index in [0.717, 1.165) is 13.0 Å².